The Bertz CT molecular complexity index is 678. The van der Waals surface area contributed by atoms with E-state index < -0.39 is 5.97 Å². The van der Waals surface area contributed by atoms with E-state index in [1.54, 1.807) is 24.3 Å². The van der Waals surface area contributed by atoms with E-state index in [0.717, 1.165) is 0 Å². The van der Waals surface area contributed by atoms with Crippen LogP contribution in [0.4, 0.5) is 23.1 Å². The number of esters is 1. The third-order valence-corrected chi connectivity index (χ3v) is 2.70. The quantitative estimate of drug-likeness (QED) is 0.509. The number of carbonyl (C=O) groups is 1. The summed E-state index contributed by atoms with van der Waals surface area (Å²) in [5.74, 6) is -0.445. The van der Waals surface area contributed by atoms with E-state index in [1.165, 1.54) is 7.11 Å². The van der Waals surface area contributed by atoms with Crippen LogP contribution < -0.4 is 11.5 Å². The van der Waals surface area contributed by atoms with E-state index in [0.29, 0.717) is 11.3 Å². The van der Waals surface area contributed by atoms with Gasteiger partial charge in [-0.2, -0.15) is 15.1 Å². The van der Waals surface area contributed by atoms with Crippen LogP contribution in [0.3, 0.4) is 0 Å². The van der Waals surface area contributed by atoms with Gasteiger partial charge in [0.05, 0.1) is 18.4 Å². The van der Waals surface area contributed by atoms with Gasteiger partial charge >= 0.3 is 5.97 Å². The van der Waals surface area contributed by atoms with Gasteiger partial charge in [-0.05, 0) is 24.3 Å². The molecule has 108 valence electrons. The van der Waals surface area contributed by atoms with Gasteiger partial charge in [0.1, 0.15) is 0 Å². The molecule has 1 aromatic carbocycles. The molecular weight excluding hydrogens is 296 g/mol. The van der Waals surface area contributed by atoms with Crippen LogP contribution >= 0.6 is 11.6 Å². The maximum Gasteiger partial charge on any atom is 0.337 e. The van der Waals surface area contributed by atoms with E-state index in [-0.39, 0.29) is 22.6 Å². The summed E-state index contributed by atoms with van der Waals surface area (Å²) in [5.41, 5.74) is 12.1. The highest BCUT2D eigenvalue weighted by molar-refractivity contribution is 6.32. The van der Waals surface area contributed by atoms with Gasteiger partial charge in [-0.15, -0.1) is 5.11 Å². The number of halogens is 1. The van der Waals surface area contributed by atoms with E-state index in [9.17, 15) is 4.79 Å². The minimum absolute atomic E-state index is 0.00920. The molecule has 0 fully saturated rings. The van der Waals surface area contributed by atoms with Crippen LogP contribution in [0.25, 0.3) is 0 Å². The molecule has 4 N–H and O–H groups in total. The van der Waals surface area contributed by atoms with Crippen molar-refractivity contribution in [2.75, 3.05) is 18.6 Å². The molecule has 0 radical (unpaired) electrons. The number of rotatable bonds is 3. The zero-order valence-corrected chi connectivity index (χ0v) is 11.7. The maximum absolute atomic E-state index is 11.3. The normalized spacial score (nSPS) is 10.8. The van der Waals surface area contributed by atoms with Crippen molar-refractivity contribution in [3.8, 4) is 0 Å². The standard InChI is InChI=1S/C12H11ClN6O2/c1-21-11(20)6-2-4-7(5-3-6)18-19-8-9(13)16-12(15)17-10(8)14/h2-5H,1H3,(H4,14,15,16,17). The number of benzene rings is 1. The minimum Gasteiger partial charge on any atom is -0.465 e. The van der Waals surface area contributed by atoms with Crippen molar-refractivity contribution in [2.24, 2.45) is 10.2 Å². The Morgan fingerprint density at radius 3 is 2.43 bits per heavy atom. The summed E-state index contributed by atoms with van der Waals surface area (Å²) in [7, 11) is 1.31. The molecule has 0 atom stereocenters. The number of nitrogens with zero attached hydrogens (tertiary/aromatic N) is 4. The highest BCUT2D eigenvalue weighted by atomic mass is 35.5. The largest absolute Gasteiger partial charge is 0.465 e. The Morgan fingerprint density at radius 2 is 1.86 bits per heavy atom. The van der Waals surface area contributed by atoms with Crippen LogP contribution in [0.2, 0.25) is 5.15 Å². The highest BCUT2D eigenvalue weighted by Gasteiger charge is 2.09. The van der Waals surface area contributed by atoms with E-state index in [4.69, 9.17) is 23.1 Å². The molecule has 0 amide bonds. The molecule has 2 rings (SSSR count). The first-order chi connectivity index (χ1) is 10.0. The molecule has 2 aromatic rings. The summed E-state index contributed by atoms with van der Waals surface area (Å²) in [5, 5.41) is 7.83. The van der Waals surface area contributed by atoms with Crippen molar-refractivity contribution < 1.29 is 9.53 Å². The molecule has 0 aliphatic heterocycles. The van der Waals surface area contributed by atoms with Gasteiger partial charge in [-0.25, -0.2) is 4.79 Å². The molecule has 8 nitrogen and oxygen atoms in total. The van der Waals surface area contributed by atoms with Crippen molar-refractivity contribution >= 4 is 40.7 Å². The molecule has 1 heterocycles. The van der Waals surface area contributed by atoms with Crippen LogP contribution in [0, 0.1) is 0 Å². The SMILES string of the molecule is COC(=O)c1ccc(N=Nc2c(N)nc(N)nc2Cl)cc1. The number of azo groups is 1. The number of carbonyl (C=O) groups excluding carboxylic acids is 1. The number of hydrogen-bond donors (Lipinski definition) is 2. The van der Waals surface area contributed by atoms with E-state index in [1.807, 2.05) is 0 Å². The molecule has 0 bridgehead atoms. The zero-order chi connectivity index (χ0) is 15.4. The number of ether oxygens (including phenoxy) is 1. The number of methoxy groups -OCH3 is 1. The fourth-order valence-corrected chi connectivity index (χ4v) is 1.66. The van der Waals surface area contributed by atoms with Crippen LogP contribution in [0.15, 0.2) is 34.5 Å². The molecule has 1 aromatic heterocycles. The summed E-state index contributed by atoms with van der Waals surface area (Å²) < 4.78 is 4.59. The second-order valence-corrected chi connectivity index (χ2v) is 4.20. The number of anilines is 2. The minimum atomic E-state index is -0.433. The number of nitrogen functional groups attached to an aromatic ring is 2. The lowest BCUT2D eigenvalue weighted by atomic mass is 10.2. The first-order valence-electron chi connectivity index (χ1n) is 5.70. The van der Waals surface area contributed by atoms with Crippen molar-refractivity contribution in [1.29, 1.82) is 0 Å². The first-order valence-corrected chi connectivity index (χ1v) is 6.07. The summed E-state index contributed by atoms with van der Waals surface area (Å²) in [6, 6.07) is 6.31. The van der Waals surface area contributed by atoms with Gasteiger partial charge in [0.15, 0.2) is 16.7 Å². The monoisotopic (exact) mass is 306 g/mol. The lowest BCUT2D eigenvalue weighted by molar-refractivity contribution is 0.0601. The van der Waals surface area contributed by atoms with E-state index in [2.05, 4.69) is 24.9 Å². The van der Waals surface area contributed by atoms with Crippen molar-refractivity contribution in [2.45, 2.75) is 0 Å². The topological polar surface area (TPSA) is 129 Å². The molecular formula is C12H11ClN6O2. The third-order valence-electron chi connectivity index (χ3n) is 2.44. The second kappa shape index (κ2) is 6.14. The van der Waals surface area contributed by atoms with Gasteiger partial charge in [0.2, 0.25) is 5.95 Å². The molecule has 0 saturated heterocycles. The van der Waals surface area contributed by atoms with Crippen molar-refractivity contribution in [3.05, 3.63) is 35.0 Å². The molecule has 0 spiro atoms. The maximum atomic E-state index is 11.3. The predicted octanol–water partition coefficient (Wildman–Crippen LogP) is 2.50. The fraction of sp³-hybridized carbons (Fsp3) is 0.0833. The first kappa shape index (κ1) is 14.7. The Morgan fingerprint density at radius 1 is 1.19 bits per heavy atom. The number of hydrogen-bond acceptors (Lipinski definition) is 8. The number of aromatic nitrogens is 2. The smallest absolute Gasteiger partial charge is 0.337 e. The lowest BCUT2D eigenvalue weighted by Gasteiger charge is -2.01. The lowest BCUT2D eigenvalue weighted by Crippen LogP contribution is -2.00. The highest BCUT2D eigenvalue weighted by Crippen LogP contribution is 2.30. The summed E-state index contributed by atoms with van der Waals surface area (Å²) >= 11 is 5.86. The van der Waals surface area contributed by atoms with Crippen LogP contribution in [0.1, 0.15) is 10.4 Å². The second-order valence-electron chi connectivity index (χ2n) is 3.84. The van der Waals surface area contributed by atoms with Crippen molar-refractivity contribution in [3.63, 3.8) is 0 Å². The van der Waals surface area contributed by atoms with Crippen LogP contribution in [0.5, 0.6) is 0 Å². The Hall–Kier alpha value is -2.74. The summed E-state index contributed by atoms with van der Waals surface area (Å²) in [6.45, 7) is 0. The average molecular weight is 307 g/mol. The number of nitrogens with two attached hydrogens (primary N) is 2. The Kier molecular flexibility index (Phi) is 4.29. The van der Waals surface area contributed by atoms with Gasteiger partial charge < -0.3 is 16.2 Å². The van der Waals surface area contributed by atoms with Gasteiger partial charge in [-0.3, -0.25) is 0 Å². The van der Waals surface area contributed by atoms with Crippen LogP contribution in [-0.2, 0) is 4.74 Å². The Balaban J connectivity index is 2.24. The zero-order valence-electron chi connectivity index (χ0n) is 10.9. The molecule has 0 saturated carbocycles. The molecule has 0 aliphatic carbocycles. The van der Waals surface area contributed by atoms with Gasteiger partial charge in [0.25, 0.3) is 0 Å². The Labute approximate surface area is 124 Å². The van der Waals surface area contributed by atoms with Gasteiger partial charge in [-0.1, -0.05) is 11.6 Å². The predicted molar refractivity (Wildman–Crippen MR) is 77.8 cm³/mol. The molecule has 9 heteroatoms. The molecule has 0 aliphatic rings. The summed E-state index contributed by atoms with van der Waals surface area (Å²) in [4.78, 5) is 18.8. The van der Waals surface area contributed by atoms with Crippen molar-refractivity contribution in [1.82, 2.24) is 9.97 Å². The fourth-order valence-electron chi connectivity index (χ4n) is 1.44. The third kappa shape index (κ3) is 3.42. The van der Waals surface area contributed by atoms with Gasteiger partial charge in [0, 0.05) is 0 Å². The summed E-state index contributed by atoms with van der Waals surface area (Å²) in [6.07, 6.45) is 0. The van der Waals surface area contributed by atoms with Crippen LogP contribution in [-0.4, -0.2) is 23.0 Å². The molecule has 21 heavy (non-hydrogen) atoms. The average Bonchev–Trinajstić information content (AvgIpc) is 2.46. The molecule has 0 unspecified atom stereocenters. The van der Waals surface area contributed by atoms with E-state index >= 15 is 0 Å².